The van der Waals surface area contributed by atoms with E-state index in [0.717, 1.165) is 23.5 Å². The van der Waals surface area contributed by atoms with Crippen LogP contribution in [0.3, 0.4) is 0 Å². The average Bonchev–Trinajstić information content (AvgIpc) is 2.60. The van der Waals surface area contributed by atoms with Gasteiger partial charge in [-0.25, -0.2) is 9.37 Å². The Morgan fingerprint density at radius 3 is 2.58 bits per heavy atom. The normalized spacial score (nSPS) is 10.3. The molecule has 0 atom stereocenters. The predicted molar refractivity (Wildman–Crippen MR) is 98.8 cm³/mol. The molecule has 1 aromatic carbocycles. The van der Waals surface area contributed by atoms with E-state index >= 15 is 0 Å². The van der Waals surface area contributed by atoms with E-state index in [1.54, 1.807) is 6.20 Å². The fourth-order valence-corrected chi connectivity index (χ4v) is 2.39. The Morgan fingerprint density at radius 2 is 1.96 bits per heavy atom. The number of carbonyl (C=O) groups excluding carboxylic acids is 2. The van der Waals surface area contributed by atoms with Crippen LogP contribution in [0, 0.1) is 5.82 Å². The molecule has 0 aliphatic rings. The number of carbonyl (C=O) groups is 2. The first kappa shape index (κ1) is 19.7. The quantitative estimate of drug-likeness (QED) is 0.775. The van der Waals surface area contributed by atoms with Crippen molar-refractivity contribution >= 4 is 29.2 Å². The van der Waals surface area contributed by atoms with E-state index in [2.05, 4.69) is 15.6 Å². The van der Waals surface area contributed by atoms with Gasteiger partial charge in [0.25, 0.3) is 5.91 Å². The smallest absolute Gasteiger partial charge is 0.252 e. The molecule has 26 heavy (non-hydrogen) atoms. The van der Waals surface area contributed by atoms with Crippen molar-refractivity contribution in [2.45, 2.75) is 13.0 Å². The molecule has 0 saturated heterocycles. The van der Waals surface area contributed by atoms with Crippen molar-refractivity contribution in [2.24, 2.45) is 0 Å². The molecule has 0 unspecified atom stereocenters. The molecule has 1 aromatic heterocycles. The highest BCUT2D eigenvalue weighted by Gasteiger charge is 2.11. The van der Waals surface area contributed by atoms with Crippen molar-refractivity contribution in [3.8, 4) is 0 Å². The molecule has 8 heteroatoms. The topological polar surface area (TPSA) is 74.3 Å². The van der Waals surface area contributed by atoms with Gasteiger partial charge < -0.3 is 15.5 Å². The second kappa shape index (κ2) is 9.15. The van der Waals surface area contributed by atoms with Gasteiger partial charge in [-0.05, 0) is 29.8 Å². The van der Waals surface area contributed by atoms with E-state index in [-0.39, 0.29) is 29.5 Å². The SMILES string of the molecule is CN(C)c1ccc(CNC(=O)CCNC(=O)c2ccc(F)cc2Cl)cn1. The van der Waals surface area contributed by atoms with Crippen LogP contribution in [0.4, 0.5) is 10.2 Å². The van der Waals surface area contributed by atoms with Crippen molar-refractivity contribution in [2.75, 3.05) is 25.5 Å². The number of pyridine rings is 1. The molecule has 1 heterocycles. The molecular weight excluding hydrogens is 359 g/mol. The molecule has 0 saturated carbocycles. The van der Waals surface area contributed by atoms with Crippen LogP contribution in [0.1, 0.15) is 22.3 Å². The lowest BCUT2D eigenvalue weighted by atomic mass is 10.2. The van der Waals surface area contributed by atoms with Crippen LogP contribution < -0.4 is 15.5 Å². The van der Waals surface area contributed by atoms with Crippen LogP contribution in [0.5, 0.6) is 0 Å². The predicted octanol–water partition coefficient (Wildman–Crippen LogP) is 2.38. The Bertz CT molecular complexity index is 781. The minimum Gasteiger partial charge on any atom is -0.363 e. The van der Waals surface area contributed by atoms with Gasteiger partial charge >= 0.3 is 0 Å². The lowest BCUT2D eigenvalue weighted by Crippen LogP contribution is -2.30. The molecule has 138 valence electrons. The third-order valence-electron chi connectivity index (χ3n) is 3.57. The van der Waals surface area contributed by atoms with Gasteiger partial charge in [0.15, 0.2) is 0 Å². The molecule has 0 radical (unpaired) electrons. The van der Waals surface area contributed by atoms with Crippen molar-refractivity contribution in [3.05, 3.63) is 58.5 Å². The minimum atomic E-state index is -0.515. The molecule has 2 amide bonds. The summed E-state index contributed by atoms with van der Waals surface area (Å²) in [5.74, 6) is -0.334. The summed E-state index contributed by atoms with van der Waals surface area (Å²) in [5.41, 5.74) is 1.05. The van der Waals surface area contributed by atoms with E-state index in [1.807, 2.05) is 31.1 Å². The van der Waals surface area contributed by atoms with Gasteiger partial charge in [0.2, 0.25) is 5.91 Å². The fourth-order valence-electron chi connectivity index (χ4n) is 2.13. The van der Waals surface area contributed by atoms with Gasteiger partial charge in [-0.15, -0.1) is 0 Å². The number of halogens is 2. The van der Waals surface area contributed by atoms with Crippen LogP contribution in [-0.4, -0.2) is 37.4 Å². The van der Waals surface area contributed by atoms with Gasteiger partial charge in [0.05, 0.1) is 10.6 Å². The van der Waals surface area contributed by atoms with E-state index in [4.69, 9.17) is 11.6 Å². The van der Waals surface area contributed by atoms with E-state index < -0.39 is 11.7 Å². The van der Waals surface area contributed by atoms with Gasteiger partial charge in [-0.3, -0.25) is 9.59 Å². The summed E-state index contributed by atoms with van der Waals surface area (Å²) in [6, 6.07) is 7.29. The zero-order chi connectivity index (χ0) is 19.1. The van der Waals surface area contributed by atoms with Gasteiger partial charge in [-0.2, -0.15) is 0 Å². The molecule has 0 spiro atoms. The largest absolute Gasteiger partial charge is 0.363 e. The summed E-state index contributed by atoms with van der Waals surface area (Å²) in [4.78, 5) is 30.0. The number of nitrogens with one attached hydrogen (secondary N) is 2. The molecular formula is C18H20ClFN4O2. The van der Waals surface area contributed by atoms with Crippen LogP contribution in [0.25, 0.3) is 0 Å². The summed E-state index contributed by atoms with van der Waals surface area (Å²) in [7, 11) is 3.80. The van der Waals surface area contributed by atoms with Gasteiger partial charge in [-0.1, -0.05) is 17.7 Å². The standard InChI is InChI=1S/C18H20ClFN4O2/c1-24(2)16-6-3-12(10-22-16)11-23-17(25)7-8-21-18(26)14-5-4-13(20)9-15(14)19/h3-6,9-10H,7-8,11H2,1-2H3,(H,21,26)(H,23,25). The van der Waals surface area contributed by atoms with Crippen molar-refractivity contribution < 1.29 is 14.0 Å². The summed E-state index contributed by atoms with van der Waals surface area (Å²) in [6.45, 7) is 0.507. The third-order valence-corrected chi connectivity index (χ3v) is 3.88. The Morgan fingerprint density at radius 1 is 1.19 bits per heavy atom. The molecule has 0 aliphatic carbocycles. The Labute approximate surface area is 156 Å². The lowest BCUT2D eigenvalue weighted by molar-refractivity contribution is -0.121. The molecule has 2 aromatic rings. The second-order valence-corrected chi connectivity index (χ2v) is 6.23. The number of hydrogen-bond donors (Lipinski definition) is 2. The summed E-state index contributed by atoms with van der Waals surface area (Å²) in [5, 5.41) is 5.37. The van der Waals surface area contributed by atoms with Crippen molar-refractivity contribution in [3.63, 3.8) is 0 Å². The number of benzene rings is 1. The maximum Gasteiger partial charge on any atom is 0.252 e. The van der Waals surface area contributed by atoms with E-state index in [0.29, 0.717) is 6.54 Å². The number of anilines is 1. The lowest BCUT2D eigenvalue weighted by Gasteiger charge is -2.11. The zero-order valence-electron chi connectivity index (χ0n) is 14.6. The number of hydrogen-bond acceptors (Lipinski definition) is 4. The Kier molecular flexibility index (Phi) is 6.91. The zero-order valence-corrected chi connectivity index (χ0v) is 15.3. The molecule has 0 bridgehead atoms. The van der Waals surface area contributed by atoms with Crippen molar-refractivity contribution in [1.29, 1.82) is 0 Å². The highest BCUT2D eigenvalue weighted by atomic mass is 35.5. The highest BCUT2D eigenvalue weighted by Crippen LogP contribution is 2.16. The number of rotatable bonds is 7. The molecule has 0 aliphatic heterocycles. The summed E-state index contributed by atoms with van der Waals surface area (Å²) in [6.07, 6.45) is 1.82. The Hall–Kier alpha value is -2.67. The molecule has 2 N–H and O–H groups in total. The van der Waals surface area contributed by atoms with Crippen LogP contribution in [-0.2, 0) is 11.3 Å². The van der Waals surface area contributed by atoms with E-state index in [9.17, 15) is 14.0 Å². The van der Waals surface area contributed by atoms with Crippen molar-refractivity contribution in [1.82, 2.24) is 15.6 Å². The first-order valence-electron chi connectivity index (χ1n) is 7.99. The molecule has 2 rings (SSSR count). The highest BCUT2D eigenvalue weighted by molar-refractivity contribution is 6.33. The Balaban J connectivity index is 1.74. The summed E-state index contributed by atoms with van der Waals surface area (Å²) < 4.78 is 13.0. The van der Waals surface area contributed by atoms with Crippen LogP contribution >= 0.6 is 11.6 Å². The van der Waals surface area contributed by atoms with Crippen LogP contribution in [0.2, 0.25) is 5.02 Å². The average molecular weight is 379 g/mol. The number of amides is 2. The molecule has 0 fully saturated rings. The second-order valence-electron chi connectivity index (χ2n) is 5.83. The fraction of sp³-hybridized carbons (Fsp3) is 0.278. The first-order valence-corrected chi connectivity index (χ1v) is 8.37. The van der Waals surface area contributed by atoms with Crippen LogP contribution in [0.15, 0.2) is 36.5 Å². The van der Waals surface area contributed by atoms with Gasteiger partial charge in [0, 0.05) is 39.8 Å². The maximum atomic E-state index is 13.0. The monoisotopic (exact) mass is 378 g/mol. The maximum absolute atomic E-state index is 13.0. The first-order chi connectivity index (χ1) is 12.4. The summed E-state index contributed by atoms with van der Waals surface area (Å²) >= 11 is 5.82. The van der Waals surface area contributed by atoms with E-state index in [1.165, 1.54) is 6.07 Å². The number of aromatic nitrogens is 1. The number of nitrogens with zero attached hydrogens (tertiary/aromatic N) is 2. The third kappa shape index (κ3) is 5.70. The van der Waals surface area contributed by atoms with Gasteiger partial charge in [0.1, 0.15) is 11.6 Å². The minimum absolute atomic E-state index is 0.0284. The molecule has 6 nitrogen and oxygen atoms in total.